The minimum Gasteiger partial charge on any atom is -0.463 e. The maximum atomic E-state index is 15.3. The van der Waals surface area contributed by atoms with E-state index in [1.54, 1.807) is 42.5 Å². The van der Waals surface area contributed by atoms with Crippen molar-refractivity contribution in [3.63, 3.8) is 0 Å². The molecule has 24 atom stereocenters. The molecule has 0 aromatic heterocycles. The van der Waals surface area contributed by atoms with Gasteiger partial charge in [0.1, 0.15) is 68.7 Å². The second kappa shape index (κ2) is 41.1. The van der Waals surface area contributed by atoms with Crippen molar-refractivity contribution < 1.29 is 172 Å². The van der Waals surface area contributed by atoms with Crippen LogP contribution in [0.25, 0.3) is 0 Å². The van der Waals surface area contributed by atoms with Crippen LogP contribution in [0.5, 0.6) is 0 Å². The largest absolute Gasteiger partial charge is 0.463 e. The number of aliphatic hydroxyl groups is 1. The van der Waals surface area contributed by atoms with E-state index in [4.69, 9.17) is 104 Å². The number of benzene rings is 5. The molecule has 0 spiro atoms. The molecule has 117 heavy (non-hydrogen) atoms. The van der Waals surface area contributed by atoms with Gasteiger partial charge in [-0.2, -0.15) is 0 Å². The van der Waals surface area contributed by atoms with Gasteiger partial charge in [-0.3, -0.25) is 38.4 Å². The van der Waals surface area contributed by atoms with Gasteiger partial charge in [0, 0.05) is 61.8 Å². The van der Waals surface area contributed by atoms with Gasteiger partial charge in [-0.1, -0.05) is 91.0 Å². The molecule has 5 aliphatic rings. The van der Waals surface area contributed by atoms with Crippen LogP contribution in [-0.4, -0.2) is 250 Å². The summed E-state index contributed by atoms with van der Waals surface area (Å²) < 4.78 is 138. The molecule has 5 fully saturated rings. The van der Waals surface area contributed by atoms with Gasteiger partial charge in [0.2, 0.25) is 0 Å². The molecule has 5 heterocycles. The Morgan fingerprint density at radius 2 is 0.564 bits per heavy atom. The van der Waals surface area contributed by atoms with Crippen LogP contribution in [0.4, 0.5) is 0 Å². The monoisotopic (exact) mass is 1640 g/mol. The first kappa shape index (κ1) is 88.2. The lowest BCUT2D eigenvalue weighted by molar-refractivity contribution is -0.404. The lowest BCUT2D eigenvalue weighted by Crippen LogP contribution is -2.70. The summed E-state index contributed by atoms with van der Waals surface area (Å²) in [4.78, 5) is 179. The molecule has 1 N–H and O–H groups in total. The summed E-state index contributed by atoms with van der Waals surface area (Å²) in [5, 5.41) is 12.4. The van der Waals surface area contributed by atoms with Crippen molar-refractivity contribution >= 4 is 77.6 Å². The Morgan fingerprint density at radius 1 is 0.274 bits per heavy atom. The van der Waals surface area contributed by atoms with E-state index < -0.39 is 245 Å². The van der Waals surface area contributed by atoms with Gasteiger partial charge < -0.3 is 109 Å². The Morgan fingerprint density at radius 3 is 1.01 bits per heavy atom. The van der Waals surface area contributed by atoms with Gasteiger partial charge >= 0.3 is 77.6 Å². The predicted octanol–water partition coefficient (Wildman–Crippen LogP) is 5.05. The fraction of sp³-hybridized carbons (Fsp3) is 0.469. The van der Waals surface area contributed by atoms with Crippen LogP contribution >= 0.6 is 0 Å². The normalized spacial score (nSPS) is 30.0. The van der Waals surface area contributed by atoms with E-state index in [0.717, 1.165) is 55.4 Å². The van der Waals surface area contributed by atoms with Crippen molar-refractivity contribution in [3.05, 3.63) is 179 Å². The third-order valence-electron chi connectivity index (χ3n) is 18.5. The Hall–Kier alpha value is -11.2. The molecule has 0 aliphatic carbocycles. The number of esters is 13. The predicted molar refractivity (Wildman–Crippen MR) is 387 cm³/mol. The van der Waals surface area contributed by atoms with Crippen molar-refractivity contribution in [3.8, 4) is 0 Å². The Bertz CT molecular complexity index is 4270. The lowest BCUT2D eigenvalue weighted by atomic mass is 9.94. The molecule has 0 amide bonds. The highest BCUT2D eigenvalue weighted by molar-refractivity contribution is 5.92. The molecule has 0 bridgehead atoms. The van der Waals surface area contributed by atoms with Gasteiger partial charge in [-0.05, 0) is 74.5 Å². The van der Waals surface area contributed by atoms with Crippen molar-refractivity contribution in [1.29, 1.82) is 0 Å². The summed E-state index contributed by atoms with van der Waals surface area (Å²) in [5.74, 6) is -13.5. The number of carbonyl (C=O) groups is 13. The second-order valence-electron chi connectivity index (χ2n) is 27.3. The second-order valence-corrected chi connectivity index (χ2v) is 27.3. The van der Waals surface area contributed by atoms with Gasteiger partial charge in [0.05, 0.1) is 40.0 Å². The molecule has 628 valence electrons. The van der Waals surface area contributed by atoms with Crippen LogP contribution in [0.15, 0.2) is 152 Å². The first-order valence-electron chi connectivity index (χ1n) is 37.0. The molecule has 36 heteroatoms. The Labute approximate surface area is 669 Å². The number of ether oxygens (including phenoxy) is 22. The van der Waals surface area contributed by atoms with E-state index in [1.165, 1.54) is 123 Å². The number of hydrogen-bond acceptors (Lipinski definition) is 36. The van der Waals surface area contributed by atoms with E-state index in [1.807, 2.05) is 0 Å². The summed E-state index contributed by atoms with van der Waals surface area (Å²) in [7, 11) is 0. The first-order chi connectivity index (χ1) is 55.9. The van der Waals surface area contributed by atoms with Crippen LogP contribution in [0.3, 0.4) is 0 Å². The Balaban J connectivity index is 1.18. The number of rotatable bonds is 29. The van der Waals surface area contributed by atoms with Gasteiger partial charge in [0.25, 0.3) is 0 Å². The smallest absolute Gasteiger partial charge is 0.338 e. The molecule has 0 radical (unpaired) electrons. The third kappa shape index (κ3) is 23.8. The topological polar surface area (TPSA) is 445 Å². The zero-order chi connectivity index (χ0) is 84.3. The van der Waals surface area contributed by atoms with Crippen LogP contribution < -0.4 is 0 Å². The van der Waals surface area contributed by atoms with Gasteiger partial charge in [0.15, 0.2) is 86.4 Å². The lowest BCUT2D eigenvalue weighted by Gasteiger charge is -2.52. The summed E-state index contributed by atoms with van der Waals surface area (Å²) in [6, 6.07) is 36.8. The van der Waals surface area contributed by atoms with E-state index in [2.05, 4.69) is 0 Å². The molecule has 0 saturated carbocycles. The minimum absolute atomic E-state index is 0.0514. The summed E-state index contributed by atoms with van der Waals surface area (Å²) in [6.07, 6.45) is -47.6. The summed E-state index contributed by atoms with van der Waals surface area (Å²) in [5.41, 5.74) is -0.454. The molecular formula is C81H88O36. The van der Waals surface area contributed by atoms with Gasteiger partial charge in [-0.15, -0.1) is 0 Å². The maximum absolute atomic E-state index is 15.3. The van der Waals surface area contributed by atoms with E-state index in [-0.39, 0.29) is 34.2 Å². The molecule has 36 nitrogen and oxygen atoms in total. The molecular weight excluding hydrogens is 1550 g/mol. The maximum Gasteiger partial charge on any atom is 0.338 e. The standard InChI is InChI=1S/C81H88O36/c1-40-55(101-44(5)84)36-56(102-45(6)85)78(99-40)115-67-62(104-47(8)87)59(38-97-43(4)83)109-81(71(67)117-80-69(106-49(10)89)66(105-48(9)88)61(103-46(7)86)58(108-80)37-96-42(3)82)114-60-41(2)100-79(70(113-76(94)54-34-24-15-25-35-54)64(60)111-74(92)52-30-20-13-21-31-52)116-65-63(110-73(91)51-28-18-12-19-29-51)57(39-98-72(90)50-26-16-11-17-27-50)107-77(95)68(65)112-75(93)53-32-22-14-23-33-53/h11-35,40-41,55-71,77-81,95H,36-39H2,1-10H3/t40-,41+,55-,56-,57-,58-,59-,60+,61+,62-,63+,64-,65+,66+,67+,68-,69-,70-,71+,77-,78-,79+,80-,81-/m1/s1. The third-order valence-corrected chi connectivity index (χ3v) is 18.5. The van der Waals surface area contributed by atoms with E-state index in [9.17, 15) is 57.8 Å². The van der Waals surface area contributed by atoms with Crippen LogP contribution in [0.1, 0.15) is 127 Å². The van der Waals surface area contributed by atoms with Crippen LogP contribution in [0, 0.1) is 0 Å². The quantitative estimate of drug-likeness (QED) is 0.0483. The minimum atomic E-state index is -2.36. The van der Waals surface area contributed by atoms with Crippen molar-refractivity contribution in [2.75, 3.05) is 19.8 Å². The highest BCUT2D eigenvalue weighted by Crippen LogP contribution is 2.42. The molecule has 5 saturated heterocycles. The van der Waals surface area contributed by atoms with Gasteiger partial charge in [-0.25, -0.2) is 24.0 Å². The molecule has 5 aromatic carbocycles. The summed E-state index contributed by atoms with van der Waals surface area (Å²) in [6.45, 7) is 8.15. The van der Waals surface area contributed by atoms with Crippen molar-refractivity contribution in [2.45, 2.75) is 223 Å². The number of aliphatic hydroxyl groups excluding tert-OH is 1. The van der Waals surface area contributed by atoms with E-state index >= 15 is 9.59 Å². The zero-order valence-corrected chi connectivity index (χ0v) is 64.9. The van der Waals surface area contributed by atoms with Crippen molar-refractivity contribution in [2.24, 2.45) is 0 Å². The molecule has 5 aromatic rings. The zero-order valence-electron chi connectivity index (χ0n) is 64.9. The molecule has 5 aliphatic heterocycles. The number of carbonyl (C=O) groups excluding carboxylic acids is 13. The molecule has 10 rings (SSSR count). The number of hydrogen-bond donors (Lipinski definition) is 1. The SMILES string of the molecule is CC(=O)OC[C@H]1O[C@H](O[C@@H]2[C@@H](O[C@@H]3[C@@H](OC(=O)c4ccccc4)[C@@H](OC(=O)c4ccccc4)[C@H](O[C@@H]4[C@@H](OC(=O)c5ccccc5)[C@H](O)O[C@H](COC(=O)c5ccccc5)[C@@H]4OC(=O)c4ccccc4)O[C@H]3C)O[C@H](COC(C)=O)[C@@H](OC(C)=O)[C@@H]2O[C@H]2O[C@H](C)[C@H](OC(C)=O)C[C@H]2OC(C)=O)[C@H](OC(C)=O)[C@@H](OC(C)=O)[C@H]1OC(C)=O. The first-order valence-corrected chi connectivity index (χ1v) is 37.0. The fourth-order valence-corrected chi connectivity index (χ4v) is 13.4. The van der Waals surface area contributed by atoms with Crippen molar-refractivity contribution in [1.82, 2.24) is 0 Å². The molecule has 0 unspecified atom stereocenters. The van der Waals surface area contributed by atoms with Crippen LogP contribution in [0.2, 0.25) is 0 Å². The average Bonchev–Trinajstić information content (AvgIpc) is 0.754. The van der Waals surface area contributed by atoms with Crippen LogP contribution in [-0.2, 0) is 143 Å². The highest BCUT2D eigenvalue weighted by Gasteiger charge is 2.62. The fourth-order valence-electron chi connectivity index (χ4n) is 13.4. The highest BCUT2D eigenvalue weighted by atomic mass is 16.8. The average molecular weight is 1640 g/mol. The van der Waals surface area contributed by atoms with E-state index in [0.29, 0.717) is 0 Å². The Kier molecular flexibility index (Phi) is 31.0. The summed E-state index contributed by atoms with van der Waals surface area (Å²) >= 11 is 0.